The van der Waals surface area contributed by atoms with Gasteiger partial charge in [-0.2, -0.15) is 0 Å². The Bertz CT molecular complexity index is 758. The summed E-state index contributed by atoms with van der Waals surface area (Å²) in [5.41, 5.74) is 6.34. The summed E-state index contributed by atoms with van der Waals surface area (Å²) in [6.45, 7) is 1.25. The van der Waals surface area contributed by atoms with Gasteiger partial charge in [0.2, 0.25) is 17.7 Å². The normalized spacial score (nSPS) is 28.7. The average Bonchev–Trinajstić information content (AvgIpc) is 3.14. The maximum atomic E-state index is 14.1. The lowest BCUT2D eigenvalue weighted by Crippen LogP contribution is -2.67. The van der Waals surface area contributed by atoms with Crippen molar-refractivity contribution in [1.82, 2.24) is 26.0 Å². The number of benzene rings is 1. The maximum absolute atomic E-state index is 14.1. The Morgan fingerprint density at radius 2 is 2.00 bits per heavy atom. The summed E-state index contributed by atoms with van der Waals surface area (Å²) in [4.78, 5) is 40.2. The summed E-state index contributed by atoms with van der Waals surface area (Å²) in [5.74, 6) is -1.37. The van der Waals surface area contributed by atoms with Crippen LogP contribution in [0.15, 0.2) is 24.3 Å². The Labute approximate surface area is 149 Å². The van der Waals surface area contributed by atoms with Gasteiger partial charge in [0.1, 0.15) is 11.9 Å². The summed E-state index contributed by atoms with van der Waals surface area (Å²) in [7, 11) is 0. The number of nitrogens with zero attached hydrogens (tertiary/aromatic N) is 2. The van der Waals surface area contributed by atoms with Crippen molar-refractivity contribution in [1.29, 1.82) is 0 Å². The molecule has 3 saturated heterocycles. The van der Waals surface area contributed by atoms with Gasteiger partial charge in [-0.15, -0.1) is 0 Å². The van der Waals surface area contributed by atoms with Crippen LogP contribution in [0.2, 0.25) is 0 Å². The van der Waals surface area contributed by atoms with E-state index in [1.807, 2.05) is 0 Å². The Morgan fingerprint density at radius 3 is 2.81 bits per heavy atom. The number of rotatable bonds is 2. The molecule has 9 heteroatoms. The van der Waals surface area contributed by atoms with Crippen LogP contribution in [0.3, 0.4) is 0 Å². The molecule has 3 atom stereocenters. The van der Waals surface area contributed by atoms with E-state index < -0.39 is 18.0 Å². The van der Waals surface area contributed by atoms with Gasteiger partial charge in [0.05, 0.1) is 25.0 Å². The molecule has 3 unspecified atom stereocenters. The van der Waals surface area contributed by atoms with Crippen LogP contribution < -0.4 is 16.2 Å². The molecule has 1 aromatic carbocycles. The lowest BCUT2D eigenvalue weighted by molar-refractivity contribution is -0.153. The van der Waals surface area contributed by atoms with Crippen LogP contribution in [0.5, 0.6) is 0 Å². The van der Waals surface area contributed by atoms with E-state index in [-0.39, 0.29) is 36.6 Å². The zero-order chi connectivity index (χ0) is 18.3. The second kappa shape index (κ2) is 6.65. The molecule has 3 aliphatic rings. The predicted molar refractivity (Wildman–Crippen MR) is 88.9 cm³/mol. The van der Waals surface area contributed by atoms with Crippen molar-refractivity contribution in [2.75, 3.05) is 32.7 Å². The van der Waals surface area contributed by atoms with Gasteiger partial charge < -0.3 is 15.1 Å². The third-order valence-corrected chi connectivity index (χ3v) is 5.27. The van der Waals surface area contributed by atoms with Gasteiger partial charge in [0.25, 0.3) is 0 Å². The van der Waals surface area contributed by atoms with Gasteiger partial charge in [0, 0.05) is 25.2 Å². The third-order valence-electron chi connectivity index (χ3n) is 5.27. The highest BCUT2D eigenvalue weighted by Gasteiger charge is 2.43. The van der Waals surface area contributed by atoms with Gasteiger partial charge in [-0.3, -0.25) is 19.8 Å². The Morgan fingerprint density at radius 1 is 1.19 bits per heavy atom. The fourth-order valence-electron chi connectivity index (χ4n) is 3.87. The molecule has 0 aliphatic carbocycles. The Balaban J connectivity index is 1.51. The van der Waals surface area contributed by atoms with Crippen molar-refractivity contribution in [3.8, 4) is 0 Å². The first-order valence-electron chi connectivity index (χ1n) is 8.65. The molecular formula is C17H20FN5O3. The molecule has 3 amide bonds. The molecule has 138 valence electrons. The molecule has 0 saturated carbocycles. The quantitative estimate of drug-likeness (QED) is 0.613. The van der Waals surface area contributed by atoms with E-state index in [9.17, 15) is 18.8 Å². The van der Waals surface area contributed by atoms with Crippen LogP contribution in [0.4, 0.5) is 4.39 Å². The molecule has 1 aromatic rings. The van der Waals surface area contributed by atoms with Crippen molar-refractivity contribution < 1.29 is 18.8 Å². The summed E-state index contributed by atoms with van der Waals surface area (Å²) in [6.07, 6.45) is 0. The standard InChI is InChI=1S/C17H20FN5O3/c18-12-4-2-1-3-10(12)15-11(7-20-21-15)17(26)22-5-6-23-13(9-22)16(25)19-8-14(23)24/h1-4,11,13,15,20-21H,5-9H2,(H,19,25). The number of hydrogen-bond acceptors (Lipinski definition) is 5. The van der Waals surface area contributed by atoms with E-state index in [4.69, 9.17) is 0 Å². The molecule has 26 heavy (non-hydrogen) atoms. The second-order valence-electron chi connectivity index (χ2n) is 6.74. The number of hydrazine groups is 1. The van der Waals surface area contributed by atoms with E-state index in [1.54, 1.807) is 23.1 Å². The van der Waals surface area contributed by atoms with Gasteiger partial charge in [-0.05, 0) is 6.07 Å². The second-order valence-corrected chi connectivity index (χ2v) is 6.74. The minimum absolute atomic E-state index is 0.00903. The molecule has 0 aromatic heterocycles. The number of piperazine rings is 2. The van der Waals surface area contributed by atoms with E-state index in [1.165, 1.54) is 11.0 Å². The minimum Gasteiger partial charge on any atom is -0.345 e. The number of carbonyl (C=O) groups excluding carboxylic acids is 3. The van der Waals surface area contributed by atoms with Gasteiger partial charge in [0.15, 0.2) is 0 Å². The van der Waals surface area contributed by atoms with Crippen LogP contribution in [0.1, 0.15) is 11.6 Å². The van der Waals surface area contributed by atoms with Gasteiger partial charge in [-0.25, -0.2) is 9.82 Å². The monoisotopic (exact) mass is 361 g/mol. The summed E-state index contributed by atoms with van der Waals surface area (Å²) in [5, 5.41) is 2.56. The minimum atomic E-state index is -0.650. The lowest BCUT2D eigenvalue weighted by Gasteiger charge is -2.43. The molecule has 3 aliphatic heterocycles. The Kier molecular flexibility index (Phi) is 4.33. The molecule has 0 radical (unpaired) electrons. The van der Waals surface area contributed by atoms with Crippen molar-refractivity contribution in [3.05, 3.63) is 35.6 Å². The highest BCUT2D eigenvalue weighted by atomic mass is 19.1. The zero-order valence-corrected chi connectivity index (χ0v) is 14.1. The predicted octanol–water partition coefficient (Wildman–Crippen LogP) is -1.24. The van der Waals surface area contributed by atoms with Crippen LogP contribution in [-0.4, -0.2) is 66.3 Å². The molecule has 3 fully saturated rings. The first-order chi connectivity index (χ1) is 12.6. The smallest absolute Gasteiger partial charge is 0.245 e. The van der Waals surface area contributed by atoms with Gasteiger partial charge >= 0.3 is 0 Å². The number of halogens is 1. The highest BCUT2D eigenvalue weighted by molar-refractivity contribution is 5.95. The van der Waals surface area contributed by atoms with Crippen molar-refractivity contribution >= 4 is 17.7 Å². The number of amides is 3. The van der Waals surface area contributed by atoms with E-state index in [0.29, 0.717) is 25.2 Å². The fraction of sp³-hybridized carbons (Fsp3) is 0.471. The lowest BCUT2D eigenvalue weighted by atomic mass is 9.92. The van der Waals surface area contributed by atoms with Crippen molar-refractivity contribution in [3.63, 3.8) is 0 Å². The molecule has 0 bridgehead atoms. The zero-order valence-electron chi connectivity index (χ0n) is 14.1. The van der Waals surface area contributed by atoms with Crippen LogP contribution in [-0.2, 0) is 14.4 Å². The number of fused-ring (bicyclic) bond motifs is 1. The molecule has 3 heterocycles. The SMILES string of the molecule is O=C1NCC(=O)N2CCN(C(=O)C3CNNC3c3ccccc3F)CC12. The summed E-state index contributed by atoms with van der Waals surface area (Å²) >= 11 is 0. The maximum Gasteiger partial charge on any atom is 0.245 e. The van der Waals surface area contributed by atoms with E-state index in [0.717, 1.165) is 0 Å². The fourth-order valence-corrected chi connectivity index (χ4v) is 3.87. The number of nitrogens with one attached hydrogen (secondary N) is 3. The van der Waals surface area contributed by atoms with Gasteiger partial charge in [-0.1, -0.05) is 18.2 Å². The number of hydrogen-bond donors (Lipinski definition) is 3. The first-order valence-corrected chi connectivity index (χ1v) is 8.65. The molecule has 0 spiro atoms. The molecule has 3 N–H and O–H groups in total. The summed E-state index contributed by atoms with van der Waals surface area (Å²) in [6, 6.07) is 5.23. The van der Waals surface area contributed by atoms with Crippen LogP contribution in [0, 0.1) is 11.7 Å². The van der Waals surface area contributed by atoms with Crippen molar-refractivity contribution in [2.45, 2.75) is 12.1 Å². The Hall–Kier alpha value is -2.52. The first kappa shape index (κ1) is 16.9. The number of carbonyl (C=O) groups is 3. The average molecular weight is 361 g/mol. The molecule has 8 nitrogen and oxygen atoms in total. The molecule has 4 rings (SSSR count). The van der Waals surface area contributed by atoms with E-state index >= 15 is 0 Å². The largest absolute Gasteiger partial charge is 0.345 e. The van der Waals surface area contributed by atoms with E-state index in [2.05, 4.69) is 16.2 Å². The summed E-state index contributed by atoms with van der Waals surface area (Å²) < 4.78 is 14.1. The topological polar surface area (TPSA) is 93.8 Å². The van der Waals surface area contributed by atoms with Crippen LogP contribution >= 0.6 is 0 Å². The third kappa shape index (κ3) is 2.82. The molecular weight excluding hydrogens is 341 g/mol. The highest BCUT2D eigenvalue weighted by Crippen LogP contribution is 2.29. The van der Waals surface area contributed by atoms with Crippen molar-refractivity contribution in [2.24, 2.45) is 5.92 Å². The van der Waals surface area contributed by atoms with Crippen LogP contribution in [0.25, 0.3) is 0 Å².